The highest BCUT2D eigenvalue weighted by atomic mass is 32.2. The highest BCUT2D eigenvalue weighted by Gasteiger charge is 2.21. The maximum atomic E-state index is 12.4. The van der Waals surface area contributed by atoms with Gasteiger partial charge in [0, 0.05) is 19.3 Å². The van der Waals surface area contributed by atoms with E-state index in [1.54, 1.807) is 7.05 Å². The van der Waals surface area contributed by atoms with Crippen molar-refractivity contribution in [2.24, 2.45) is 7.05 Å². The van der Waals surface area contributed by atoms with Crippen molar-refractivity contribution in [3.8, 4) is 0 Å². The molecule has 126 valence electrons. The number of hydrogen-bond acceptors (Lipinski definition) is 3. The van der Waals surface area contributed by atoms with Crippen LogP contribution in [0.5, 0.6) is 0 Å². The first-order chi connectivity index (χ1) is 10.9. The van der Waals surface area contributed by atoms with Crippen LogP contribution in [0.2, 0.25) is 0 Å². The second-order valence-electron chi connectivity index (χ2n) is 5.91. The molecule has 2 rings (SSSR count). The largest absolute Gasteiger partial charge is 0.274 e. The summed E-state index contributed by atoms with van der Waals surface area (Å²) < 4.78 is 29.1. The Morgan fingerprint density at radius 2 is 1.74 bits per heavy atom. The van der Waals surface area contributed by atoms with Gasteiger partial charge in [-0.3, -0.25) is 4.68 Å². The van der Waals surface area contributed by atoms with Crippen molar-refractivity contribution < 1.29 is 8.42 Å². The molecule has 2 unspecified atom stereocenters. The van der Waals surface area contributed by atoms with Gasteiger partial charge in [-0.25, -0.2) is 13.1 Å². The Bertz CT molecular complexity index is 735. The third-order valence-corrected chi connectivity index (χ3v) is 5.64. The monoisotopic (exact) mass is 335 g/mol. The highest BCUT2D eigenvalue weighted by molar-refractivity contribution is 7.89. The molecule has 5 nitrogen and oxygen atoms in total. The summed E-state index contributed by atoms with van der Waals surface area (Å²) in [4.78, 5) is 0.190. The van der Waals surface area contributed by atoms with Crippen molar-refractivity contribution in [3.05, 3.63) is 47.8 Å². The molecule has 0 bridgehead atoms. The third-order valence-electron chi connectivity index (χ3n) is 4.22. The quantitative estimate of drug-likeness (QED) is 0.844. The molecule has 2 atom stereocenters. The van der Waals surface area contributed by atoms with Gasteiger partial charge in [-0.15, -0.1) is 0 Å². The molecule has 1 heterocycles. The zero-order valence-electron chi connectivity index (χ0n) is 14.2. The zero-order valence-corrected chi connectivity index (χ0v) is 15.0. The molecule has 0 fully saturated rings. The summed E-state index contributed by atoms with van der Waals surface area (Å²) in [5.74, 6) is 0.510. The van der Waals surface area contributed by atoms with Crippen LogP contribution in [0.1, 0.15) is 56.7 Å². The summed E-state index contributed by atoms with van der Waals surface area (Å²) in [6, 6.07) is 7.96. The van der Waals surface area contributed by atoms with E-state index in [4.69, 9.17) is 0 Å². The zero-order chi connectivity index (χ0) is 17.0. The Kier molecular flexibility index (Phi) is 5.59. The van der Waals surface area contributed by atoms with Crippen LogP contribution >= 0.6 is 0 Å². The molecule has 1 aromatic heterocycles. The van der Waals surface area contributed by atoms with Gasteiger partial charge in [0.1, 0.15) is 4.90 Å². The van der Waals surface area contributed by atoms with E-state index in [2.05, 4.69) is 35.8 Å². The van der Waals surface area contributed by atoms with Gasteiger partial charge in [0.15, 0.2) is 0 Å². The summed E-state index contributed by atoms with van der Waals surface area (Å²) in [5, 5.41) is 3.93. The fourth-order valence-corrected chi connectivity index (χ4v) is 3.76. The van der Waals surface area contributed by atoms with Crippen LogP contribution < -0.4 is 4.72 Å². The minimum atomic E-state index is -3.56. The normalized spacial score (nSPS) is 14.6. The molecule has 2 aromatic rings. The molecular weight excluding hydrogens is 310 g/mol. The molecule has 1 N–H and O–H groups in total. The van der Waals surface area contributed by atoms with Gasteiger partial charge in [0.25, 0.3) is 0 Å². The SMILES string of the molecule is CCC(C)c1ccc(C(CC)NS(=O)(=O)c2cnn(C)c2)cc1. The van der Waals surface area contributed by atoms with E-state index < -0.39 is 10.0 Å². The lowest BCUT2D eigenvalue weighted by atomic mass is 9.96. The molecule has 23 heavy (non-hydrogen) atoms. The molecule has 0 radical (unpaired) electrons. The van der Waals surface area contributed by atoms with E-state index >= 15 is 0 Å². The van der Waals surface area contributed by atoms with Crippen LogP contribution in [0, 0.1) is 0 Å². The molecule has 0 spiro atoms. The van der Waals surface area contributed by atoms with Crippen molar-refractivity contribution in [3.63, 3.8) is 0 Å². The van der Waals surface area contributed by atoms with E-state index in [1.807, 2.05) is 19.1 Å². The lowest BCUT2D eigenvalue weighted by Gasteiger charge is -2.18. The first-order valence-corrected chi connectivity index (χ1v) is 9.46. The van der Waals surface area contributed by atoms with Crippen molar-refractivity contribution in [1.82, 2.24) is 14.5 Å². The van der Waals surface area contributed by atoms with Crippen molar-refractivity contribution in [1.29, 1.82) is 0 Å². The van der Waals surface area contributed by atoms with Crippen LogP contribution in [-0.4, -0.2) is 18.2 Å². The van der Waals surface area contributed by atoms with Gasteiger partial charge in [-0.2, -0.15) is 5.10 Å². The van der Waals surface area contributed by atoms with Crippen LogP contribution in [0.4, 0.5) is 0 Å². The highest BCUT2D eigenvalue weighted by Crippen LogP contribution is 2.24. The summed E-state index contributed by atoms with van der Waals surface area (Å²) in [7, 11) is -1.87. The predicted molar refractivity (Wildman–Crippen MR) is 91.7 cm³/mol. The van der Waals surface area contributed by atoms with Gasteiger partial charge in [0.05, 0.1) is 6.20 Å². The predicted octanol–water partition coefficient (Wildman–Crippen LogP) is 3.36. The van der Waals surface area contributed by atoms with E-state index in [0.29, 0.717) is 12.3 Å². The number of nitrogens with zero attached hydrogens (tertiary/aromatic N) is 2. The number of rotatable bonds is 7. The van der Waals surface area contributed by atoms with Crippen LogP contribution in [0.3, 0.4) is 0 Å². The standard InChI is InChI=1S/C17H25N3O2S/c1-5-13(3)14-7-9-15(10-8-14)17(6-2)19-23(21,22)16-11-18-20(4)12-16/h7-13,17,19H,5-6H2,1-4H3. The third kappa shape index (κ3) is 4.20. The Morgan fingerprint density at radius 1 is 1.13 bits per heavy atom. The lowest BCUT2D eigenvalue weighted by molar-refractivity contribution is 0.550. The summed E-state index contributed by atoms with van der Waals surface area (Å²) in [6.07, 6.45) is 4.63. The van der Waals surface area contributed by atoms with Crippen LogP contribution in [-0.2, 0) is 17.1 Å². The second-order valence-corrected chi connectivity index (χ2v) is 7.62. The van der Waals surface area contributed by atoms with Gasteiger partial charge in [0.2, 0.25) is 10.0 Å². The molecule has 0 saturated heterocycles. The molecule has 0 aliphatic rings. The number of benzene rings is 1. The van der Waals surface area contributed by atoms with E-state index in [1.165, 1.54) is 22.6 Å². The second kappa shape index (κ2) is 7.27. The van der Waals surface area contributed by atoms with Gasteiger partial charge < -0.3 is 0 Å². The first-order valence-electron chi connectivity index (χ1n) is 7.98. The number of nitrogens with one attached hydrogen (secondary N) is 1. The summed E-state index contributed by atoms with van der Waals surface area (Å²) in [5.41, 5.74) is 2.26. The Balaban J connectivity index is 2.19. The molecule has 0 aliphatic heterocycles. The van der Waals surface area contributed by atoms with Crippen LogP contribution in [0.25, 0.3) is 0 Å². The Hall–Kier alpha value is -1.66. The Morgan fingerprint density at radius 3 is 2.22 bits per heavy atom. The summed E-state index contributed by atoms with van der Waals surface area (Å²) in [6.45, 7) is 6.33. The Labute approximate surface area is 138 Å². The van der Waals surface area contributed by atoms with Gasteiger partial charge in [-0.05, 0) is 29.9 Å². The number of aryl methyl sites for hydroxylation is 1. The fraction of sp³-hybridized carbons (Fsp3) is 0.471. The van der Waals surface area contributed by atoms with E-state index in [0.717, 1.165) is 12.0 Å². The average Bonchev–Trinajstić information content (AvgIpc) is 2.99. The molecule has 1 aromatic carbocycles. The maximum absolute atomic E-state index is 12.4. The van der Waals surface area contributed by atoms with Gasteiger partial charge in [-0.1, -0.05) is 45.0 Å². The average molecular weight is 335 g/mol. The number of sulfonamides is 1. The molecule has 0 amide bonds. The first kappa shape index (κ1) is 17.7. The summed E-state index contributed by atoms with van der Waals surface area (Å²) >= 11 is 0. The van der Waals surface area contributed by atoms with Crippen molar-refractivity contribution in [2.45, 2.75) is 50.5 Å². The van der Waals surface area contributed by atoms with Crippen molar-refractivity contribution >= 4 is 10.0 Å². The lowest BCUT2D eigenvalue weighted by Crippen LogP contribution is -2.28. The van der Waals surface area contributed by atoms with Crippen molar-refractivity contribution in [2.75, 3.05) is 0 Å². The molecule has 6 heteroatoms. The fourth-order valence-electron chi connectivity index (χ4n) is 2.47. The van der Waals surface area contributed by atoms with E-state index in [9.17, 15) is 8.42 Å². The topological polar surface area (TPSA) is 64.0 Å². The van der Waals surface area contributed by atoms with Gasteiger partial charge >= 0.3 is 0 Å². The molecular formula is C17H25N3O2S. The smallest absolute Gasteiger partial charge is 0.244 e. The van der Waals surface area contributed by atoms with E-state index in [-0.39, 0.29) is 10.9 Å². The molecule has 0 aliphatic carbocycles. The maximum Gasteiger partial charge on any atom is 0.244 e. The molecule has 0 saturated carbocycles. The number of aromatic nitrogens is 2. The minimum Gasteiger partial charge on any atom is -0.274 e. The van der Waals surface area contributed by atoms with Crippen LogP contribution in [0.15, 0.2) is 41.6 Å². The number of hydrogen-bond donors (Lipinski definition) is 1. The minimum absolute atomic E-state index is 0.190.